The summed E-state index contributed by atoms with van der Waals surface area (Å²) in [5.41, 5.74) is 2.98. The lowest BCUT2D eigenvalue weighted by Crippen LogP contribution is -2.33. The summed E-state index contributed by atoms with van der Waals surface area (Å²) in [6, 6.07) is 1.12. The first-order valence-electron chi connectivity index (χ1n) is 11.7. The third-order valence-electron chi connectivity index (χ3n) is 6.29. The number of aryl methyl sites for hydroxylation is 2. The van der Waals surface area contributed by atoms with E-state index in [1.54, 1.807) is 0 Å². The van der Waals surface area contributed by atoms with Gasteiger partial charge in [0, 0.05) is 11.8 Å². The maximum absolute atomic E-state index is 2.64. The van der Waals surface area contributed by atoms with Gasteiger partial charge in [-0.2, -0.15) is 0 Å². The van der Waals surface area contributed by atoms with E-state index in [-0.39, 0.29) is 0 Å². The van der Waals surface area contributed by atoms with E-state index in [1.807, 2.05) is 0 Å². The fraction of sp³-hybridized carbons (Fsp3) is 0.750. The minimum absolute atomic E-state index is 0.556. The Labute approximate surface area is 172 Å². The van der Waals surface area contributed by atoms with Gasteiger partial charge in [-0.3, -0.25) is 0 Å². The zero-order chi connectivity index (χ0) is 20.3. The first kappa shape index (κ1) is 21.1. The van der Waals surface area contributed by atoms with Crippen LogP contribution >= 0.6 is 0 Å². The third kappa shape index (κ3) is 4.36. The fourth-order valence-corrected chi connectivity index (χ4v) is 4.94. The number of hydrogen-bond donors (Lipinski definition) is 0. The molecule has 2 heterocycles. The van der Waals surface area contributed by atoms with Crippen molar-refractivity contribution in [3.8, 4) is 0 Å². The van der Waals surface area contributed by atoms with Gasteiger partial charge in [0.2, 0.25) is 12.7 Å². The van der Waals surface area contributed by atoms with Gasteiger partial charge in [0.15, 0.2) is 0 Å². The van der Waals surface area contributed by atoms with E-state index in [0.717, 1.165) is 13.1 Å². The molecule has 0 radical (unpaired) electrons. The predicted octanol–water partition coefficient (Wildman–Crippen LogP) is 5.29. The Morgan fingerprint density at radius 3 is 1.50 bits per heavy atom. The Hall–Kier alpha value is -1.58. The molecule has 1 aliphatic rings. The molecule has 2 aromatic heterocycles. The van der Waals surface area contributed by atoms with Gasteiger partial charge in [-0.05, 0) is 38.5 Å². The van der Waals surface area contributed by atoms with Crippen LogP contribution in [-0.2, 0) is 13.1 Å². The van der Waals surface area contributed by atoms with Crippen molar-refractivity contribution in [2.45, 2.75) is 117 Å². The Bertz CT molecular complexity index is 688. The highest BCUT2D eigenvalue weighted by Crippen LogP contribution is 2.40. The number of imidazole rings is 2. The van der Waals surface area contributed by atoms with Crippen LogP contribution in [-0.4, -0.2) is 9.13 Å². The molecule has 28 heavy (non-hydrogen) atoms. The van der Waals surface area contributed by atoms with E-state index in [1.165, 1.54) is 49.9 Å². The van der Waals surface area contributed by atoms with Crippen LogP contribution in [0.25, 0.3) is 0 Å². The monoisotopic (exact) mass is 386 g/mol. The molecule has 1 aliphatic carbocycles. The van der Waals surface area contributed by atoms with Gasteiger partial charge in [0.05, 0.1) is 13.1 Å². The van der Waals surface area contributed by atoms with Crippen LogP contribution in [0.1, 0.15) is 115 Å². The van der Waals surface area contributed by atoms with Crippen LogP contribution in [0.3, 0.4) is 0 Å². The van der Waals surface area contributed by atoms with Gasteiger partial charge in [0.25, 0.3) is 0 Å². The van der Waals surface area contributed by atoms with Crippen molar-refractivity contribution in [1.29, 1.82) is 0 Å². The van der Waals surface area contributed by atoms with Crippen LogP contribution in [0, 0.1) is 0 Å². The van der Waals surface area contributed by atoms with E-state index >= 15 is 0 Å². The zero-order valence-electron chi connectivity index (χ0n) is 19.1. The van der Waals surface area contributed by atoms with Crippen LogP contribution in [0.5, 0.6) is 0 Å². The largest absolute Gasteiger partial charge is 0.244 e. The summed E-state index contributed by atoms with van der Waals surface area (Å²) in [5.74, 6) is 1.11. The Kier molecular flexibility index (Phi) is 7.00. The van der Waals surface area contributed by atoms with Crippen LogP contribution in [0.2, 0.25) is 0 Å². The van der Waals surface area contributed by atoms with Gasteiger partial charge in [0.1, 0.15) is 35.9 Å². The first-order valence-corrected chi connectivity index (χ1v) is 11.7. The van der Waals surface area contributed by atoms with E-state index < -0.39 is 0 Å². The summed E-state index contributed by atoms with van der Waals surface area (Å²) in [7, 11) is 0. The van der Waals surface area contributed by atoms with E-state index in [2.05, 4.69) is 84.9 Å². The highest BCUT2D eigenvalue weighted by molar-refractivity contribution is 5.07. The van der Waals surface area contributed by atoms with Crippen LogP contribution in [0.4, 0.5) is 0 Å². The van der Waals surface area contributed by atoms with Crippen molar-refractivity contribution >= 4 is 0 Å². The molecule has 1 saturated carbocycles. The van der Waals surface area contributed by atoms with Crippen molar-refractivity contribution in [3.63, 3.8) is 0 Å². The average molecular weight is 387 g/mol. The lowest BCUT2D eigenvalue weighted by atomic mass is 9.89. The summed E-state index contributed by atoms with van der Waals surface area (Å²) in [6.45, 7) is 16.1. The molecule has 2 atom stereocenters. The fourth-order valence-electron chi connectivity index (χ4n) is 4.94. The molecule has 0 amide bonds. The second kappa shape index (κ2) is 9.28. The predicted molar refractivity (Wildman–Crippen MR) is 115 cm³/mol. The summed E-state index contributed by atoms with van der Waals surface area (Å²) in [4.78, 5) is 0. The minimum atomic E-state index is 0.556. The van der Waals surface area contributed by atoms with Crippen LogP contribution in [0.15, 0.2) is 25.0 Å². The first-order chi connectivity index (χ1) is 13.5. The second-order valence-corrected chi connectivity index (χ2v) is 9.36. The molecule has 156 valence electrons. The second-order valence-electron chi connectivity index (χ2n) is 9.36. The number of rotatable bonds is 8. The SMILES string of the molecule is CCC[n+]1cc(C(C)C)n([C@@H]2CCCC[C@H]2n2c[n+](CCC)cc2C(C)C)c1. The molecule has 0 saturated heterocycles. The molecule has 0 aromatic carbocycles. The molecular formula is C24H42N4+2. The third-order valence-corrected chi connectivity index (χ3v) is 6.29. The topological polar surface area (TPSA) is 17.6 Å². The molecule has 4 nitrogen and oxygen atoms in total. The smallest absolute Gasteiger partial charge is 0.237 e. The molecule has 4 heteroatoms. The van der Waals surface area contributed by atoms with Gasteiger partial charge in [-0.25, -0.2) is 18.3 Å². The zero-order valence-corrected chi connectivity index (χ0v) is 19.1. The lowest BCUT2D eigenvalue weighted by molar-refractivity contribution is -0.697. The van der Waals surface area contributed by atoms with Crippen molar-refractivity contribution in [1.82, 2.24) is 9.13 Å². The highest BCUT2D eigenvalue weighted by Gasteiger charge is 2.39. The summed E-state index contributed by atoms with van der Waals surface area (Å²) >= 11 is 0. The minimum Gasteiger partial charge on any atom is -0.237 e. The van der Waals surface area contributed by atoms with Gasteiger partial charge in [-0.15, -0.1) is 0 Å². The van der Waals surface area contributed by atoms with Crippen molar-refractivity contribution < 1.29 is 9.13 Å². The Morgan fingerprint density at radius 1 is 0.786 bits per heavy atom. The molecule has 0 spiro atoms. The molecule has 0 N–H and O–H groups in total. The summed E-state index contributed by atoms with van der Waals surface area (Å²) < 4.78 is 10.1. The van der Waals surface area contributed by atoms with Crippen molar-refractivity contribution in [2.75, 3.05) is 0 Å². The standard InChI is InChI=1S/C24H42N4/c1-7-13-25-15-23(19(3)4)27(17-25)21-11-9-10-12-22(21)28-18-26(14-8-2)16-24(28)20(5)6/h15-22H,7-14H2,1-6H3/q+2/t21-,22-/m1/s1. The molecule has 0 bridgehead atoms. The van der Waals surface area contributed by atoms with Gasteiger partial charge >= 0.3 is 0 Å². The molecule has 0 aliphatic heterocycles. The van der Waals surface area contributed by atoms with E-state index in [0.29, 0.717) is 23.9 Å². The van der Waals surface area contributed by atoms with E-state index in [4.69, 9.17) is 0 Å². The molecule has 0 unspecified atom stereocenters. The number of aromatic nitrogens is 4. The molecule has 3 rings (SSSR count). The lowest BCUT2D eigenvalue weighted by Gasteiger charge is -2.29. The van der Waals surface area contributed by atoms with Gasteiger partial charge in [-0.1, -0.05) is 41.5 Å². The maximum Gasteiger partial charge on any atom is 0.244 e. The van der Waals surface area contributed by atoms with E-state index in [9.17, 15) is 0 Å². The molecule has 1 fully saturated rings. The quantitative estimate of drug-likeness (QED) is 0.549. The summed E-state index contributed by atoms with van der Waals surface area (Å²) in [6.07, 6.45) is 17.2. The van der Waals surface area contributed by atoms with Crippen molar-refractivity contribution in [3.05, 3.63) is 36.4 Å². The van der Waals surface area contributed by atoms with Gasteiger partial charge < -0.3 is 0 Å². The number of nitrogens with zero attached hydrogens (tertiary/aromatic N) is 4. The maximum atomic E-state index is 2.64. The Balaban J connectivity index is 2.02. The molecule has 2 aromatic rings. The highest BCUT2D eigenvalue weighted by atomic mass is 15.2. The normalized spacial score (nSPS) is 20.4. The van der Waals surface area contributed by atoms with Crippen molar-refractivity contribution in [2.24, 2.45) is 0 Å². The molecular weight excluding hydrogens is 344 g/mol. The average Bonchev–Trinajstić information content (AvgIpc) is 3.27. The number of hydrogen-bond acceptors (Lipinski definition) is 0. The summed E-state index contributed by atoms with van der Waals surface area (Å²) in [5, 5.41) is 0. The van der Waals surface area contributed by atoms with Crippen LogP contribution < -0.4 is 9.13 Å². The Morgan fingerprint density at radius 2 is 1.18 bits per heavy atom.